The molecule has 6 nitrogen and oxygen atoms in total. The van der Waals surface area contributed by atoms with E-state index in [1.165, 1.54) is 32.1 Å². The van der Waals surface area contributed by atoms with Crippen molar-refractivity contribution >= 4 is 17.3 Å². The second-order valence-electron chi connectivity index (χ2n) is 8.11. The fraction of sp³-hybridized carbons (Fsp3) is 0.619. The number of ether oxygens (including phenoxy) is 2. The molecule has 2 saturated heterocycles. The van der Waals surface area contributed by atoms with Crippen LogP contribution in [0.4, 0.5) is 5.95 Å². The maximum Gasteiger partial charge on any atom is 0.223 e. The SMILES string of the molecule is c1csc(-c2ccnc(NC3COC4C(NCC5CCCCC5)COC34)n2)c1. The van der Waals surface area contributed by atoms with Gasteiger partial charge in [-0.25, -0.2) is 9.97 Å². The summed E-state index contributed by atoms with van der Waals surface area (Å²) in [5.74, 6) is 1.46. The molecule has 0 spiro atoms. The first-order chi connectivity index (χ1) is 13.9. The van der Waals surface area contributed by atoms with Crippen LogP contribution in [0.5, 0.6) is 0 Å². The van der Waals surface area contributed by atoms with Crippen LogP contribution in [0.1, 0.15) is 32.1 Å². The number of nitrogens with zero attached hydrogens (tertiary/aromatic N) is 2. The number of anilines is 1. The second kappa shape index (κ2) is 8.45. The molecular weight excluding hydrogens is 372 g/mol. The average molecular weight is 401 g/mol. The van der Waals surface area contributed by atoms with Gasteiger partial charge in [-0.3, -0.25) is 0 Å². The topological polar surface area (TPSA) is 68.3 Å². The maximum atomic E-state index is 6.11. The van der Waals surface area contributed by atoms with Gasteiger partial charge in [-0.15, -0.1) is 11.3 Å². The van der Waals surface area contributed by atoms with E-state index in [0.29, 0.717) is 12.6 Å². The molecule has 150 valence electrons. The first-order valence-corrected chi connectivity index (χ1v) is 11.3. The monoisotopic (exact) mass is 400 g/mol. The quantitative estimate of drug-likeness (QED) is 0.775. The van der Waals surface area contributed by atoms with E-state index in [1.807, 2.05) is 18.3 Å². The highest BCUT2D eigenvalue weighted by atomic mass is 32.1. The van der Waals surface area contributed by atoms with Crippen molar-refractivity contribution in [1.29, 1.82) is 0 Å². The standard InChI is InChI=1S/C21H28N4O2S/c1-2-5-14(6-3-1)11-23-16-12-26-20-17(13-27-19(16)20)25-21-22-9-8-15(24-21)18-7-4-10-28-18/h4,7-10,14,16-17,19-20,23H,1-3,5-6,11-13H2,(H,22,24,25). The van der Waals surface area contributed by atoms with Crippen LogP contribution in [0.2, 0.25) is 0 Å². The lowest BCUT2D eigenvalue weighted by Crippen LogP contribution is -2.44. The molecule has 7 heteroatoms. The van der Waals surface area contributed by atoms with Gasteiger partial charge in [0.05, 0.1) is 35.9 Å². The van der Waals surface area contributed by atoms with Crippen LogP contribution < -0.4 is 10.6 Å². The smallest absolute Gasteiger partial charge is 0.223 e. The molecule has 2 aromatic rings. The van der Waals surface area contributed by atoms with E-state index in [2.05, 4.69) is 32.0 Å². The molecule has 3 aliphatic rings. The van der Waals surface area contributed by atoms with E-state index < -0.39 is 0 Å². The summed E-state index contributed by atoms with van der Waals surface area (Å²) in [6, 6.07) is 6.44. The fourth-order valence-electron chi connectivity index (χ4n) is 4.66. The zero-order chi connectivity index (χ0) is 18.8. The molecule has 0 bridgehead atoms. The number of nitrogens with one attached hydrogen (secondary N) is 2. The number of hydrogen-bond acceptors (Lipinski definition) is 7. The van der Waals surface area contributed by atoms with Crippen LogP contribution in [-0.4, -0.2) is 54.0 Å². The zero-order valence-corrected chi connectivity index (χ0v) is 16.9. The van der Waals surface area contributed by atoms with Gasteiger partial charge in [0.25, 0.3) is 0 Å². The van der Waals surface area contributed by atoms with Crippen LogP contribution in [0.15, 0.2) is 29.8 Å². The van der Waals surface area contributed by atoms with Gasteiger partial charge in [0, 0.05) is 6.20 Å². The molecule has 0 amide bonds. The highest BCUT2D eigenvalue weighted by Crippen LogP contribution is 2.30. The van der Waals surface area contributed by atoms with Gasteiger partial charge in [0.2, 0.25) is 5.95 Å². The molecule has 5 rings (SSSR count). The van der Waals surface area contributed by atoms with Crippen molar-refractivity contribution in [2.45, 2.75) is 56.4 Å². The minimum atomic E-state index is 0.0536. The van der Waals surface area contributed by atoms with Gasteiger partial charge in [0.1, 0.15) is 12.2 Å². The summed E-state index contributed by atoms with van der Waals surface area (Å²) >= 11 is 1.68. The Morgan fingerprint density at radius 1 is 1.04 bits per heavy atom. The summed E-state index contributed by atoms with van der Waals surface area (Å²) in [6.45, 7) is 2.44. The van der Waals surface area contributed by atoms with E-state index in [-0.39, 0.29) is 24.3 Å². The first-order valence-electron chi connectivity index (χ1n) is 10.5. The molecule has 3 fully saturated rings. The van der Waals surface area contributed by atoms with Gasteiger partial charge >= 0.3 is 0 Å². The van der Waals surface area contributed by atoms with Crippen molar-refractivity contribution in [3.05, 3.63) is 29.8 Å². The Balaban J connectivity index is 1.18. The number of hydrogen-bond donors (Lipinski definition) is 2. The summed E-state index contributed by atoms with van der Waals surface area (Å²) < 4.78 is 12.2. The molecular formula is C21H28N4O2S. The van der Waals surface area contributed by atoms with Crippen molar-refractivity contribution in [3.8, 4) is 10.6 Å². The molecule has 2 aliphatic heterocycles. The van der Waals surface area contributed by atoms with Crippen LogP contribution in [0.3, 0.4) is 0 Å². The van der Waals surface area contributed by atoms with Crippen LogP contribution in [0.25, 0.3) is 10.6 Å². The van der Waals surface area contributed by atoms with E-state index in [9.17, 15) is 0 Å². The Labute approximate surface area is 170 Å². The van der Waals surface area contributed by atoms with Gasteiger partial charge in [-0.1, -0.05) is 25.3 Å². The Kier molecular flexibility index (Phi) is 5.58. The van der Waals surface area contributed by atoms with Gasteiger partial charge in [-0.2, -0.15) is 0 Å². The predicted octanol–water partition coefficient (Wildman–Crippen LogP) is 3.32. The van der Waals surface area contributed by atoms with E-state index in [1.54, 1.807) is 11.3 Å². The van der Waals surface area contributed by atoms with Crippen molar-refractivity contribution < 1.29 is 9.47 Å². The Morgan fingerprint density at radius 2 is 1.86 bits per heavy atom. The number of thiophene rings is 1. The highest BCUT2D eigenvalue weighted by molar-refractivity contribution is 7.13. The molecule has 0 aromatic carbocycles. The summed E-state index contributed by atoms with van der Waals surface area (Å²) in [7, 11) is 0. The van der Waals surface area contributed by atoms with Crippen LogP contribution in [0, 0.1) is 5.92 Å². The fourth-order valence-corrected chi connectivity index (χ4v) is 5.36. The Bertz CT molecular complexity index is 766. The summed E-state index contributed by atoms with van der Waals surface area (Å²) in [4.78, 5) is 10.2. The van der Waals surface area contributed by atoms with Crippen molar-refractivity contribution in [2.24, 2.45) is 5.92 Å². The third kappa shape index (κ3) is 3.94. The van der Waals surface area contributed by atoms with Crippen molar-refractivity contribution in [2.75, 3.05) is 25.1 Å². The minimum absolute atomic E-state index is 0.0536. The number of rotatable bonds is 6. The van der Waals surface area contributed by atoms with Crippen molar-refractivity contribution in [1.82, 2.24) is 15.3 Å². The number of fused-ring (bicyclic) bond motifs is 1. The maximum absolute atomic E-state index is 6.11. The molecule has 2 aromatic heterocycles. The van der Waals surface area contributed by atoms with Crippen LogP contribution in [-0.2, 0) is 9.47 Å². The molecule has 1 aliphatic carbocycles. The normalized spacial score (nSPS) is 30.4. The summed E-state index contributed by atoms with van der Waals surface area (Å²) in [5, 5.41) is 9.23. The number of aromatic nitrogens is 2. The average Bonchev–Trinajstić information content (AvgIpc) is 3.47. The lowest BCUT2D eigenvalue weighted by Gasteiger charge is -2.25. The first kappa shape index (κ1) is 18.5. The van der Waals surface area contributed by atoms with Gasteiger partial charge in [0.15, 0.2) is 0 Å². The van der Waals surface area contributed by atoms with E-state index >= 15 is 0 Å². The van der Waals surface area contributed by atoms with Crippen LogP contribution >= 0.6 is 11.3 Å². The molecule has 2 N–H and O–H groups in total. The van der Waals surface area contributed by atoms with Crippen molar-refractivity contribution in [3.63, 3.8) is 0 Å². The lowest BCUT2D eigenvalue weighted by atomic mass is 9.89. The lowest BCUT2D eigenvalue weighted by molar-refractivity contribution is 0.0671. The zero-order valence-electron chi connectivity index (χ0n) is 16.0. The van der Waals surface area contributed by atoms with E-state index in [4.69, 9.17) is 9.47 Å². The molecule has 1 saturated carbocycles. The molecule has 4 heterocycles. The highest BCUT2D eigenvalue weighted by Gasteiger charge is 2.47. The largest absolute Gasteiger partial charge is 0.371 e. The third-order valence-corrected chi connectivity index (χ3v) is 7.08. The molecule has 4 unspecified atom stereocenters. The third-order valence-electron chi connectivity index (χ3n) is 6.19. The molecule has 0 radical (unpaired) electrons. The van der Waals surface area contributed by atoms with Gasteiger partial charge in [-0.05, 0) is 42.8 Å². The Hall–Kier alpha value is -1.54. The summed E-state index contributed by atoms with van der Waals surface area (Å²) in [6.07, 6.45) is 8.86. The minimum Gasteiger partial charge on any atom is -0.371 e. The molecule has 4 atom stereocenters. The second-order valence-corrected chi connectivity index (χ2v) is 9.06. The van der Waals surface area contributed by atoms with E-state index in [0.717, 1.165) is 29.6 Å². The van der Waals surface area contributed by atoms with Gasteiger partial charge < -0.3 is 20.1 Å². The predicted molar refractivity (Wildman–Crippen MR) is 111 cm³/mol. The molecule has 28 heavy (non-hydrogen) atoms. The Morgan fingerprint density at radius 3 is 2.68 bits per heavy atom. The summed E-state index contributed by atoms with van der Waals surface area (Å²) in [5.41, 5.74) is 0.947.